The molecule has 4 rings (SSSR count). The Bertz CT molecular complexity index is 834. The van der Waals surface area contributed by atoms with Crippen LogP contribution in [0, 0.1) is 6.92 Å². The Hall–Kier alpha value is -1.83. The molecule has 0 unspecified atom stereocenters. The largest absolute Gasteiger partial charge is 0.483 e. The molecule has 0 spiro atoms. The molecule has 2 aliphatic heterocycles. The van der Waals surface area contributed by atoms with Gasteiger partial charge in [0.25, 0.3) is 5.91 Å². The number of nitrogens with one attached hydrogen (secondary N) is 1. The summed E-state index contributed by atoms with van der Waals surface area (Å²) in [4.78, 5) is 14.4. The molecule has 2 aromatic rings. The van der Waals surface area contributed by atoms with E-state index < -0.39 is 0 Å². The number of halogens is 2. The molecule has 0 bridgehead atoms. The van der Waals surface area contributed by atoms with Crippen molar-refractivity contribution in [1.29, 1.82) is 0 Å². The molecule has 2 aliphatic rings. The first-order chi connectivity index (χ1) is 13.1. The molecule has 1 saturated heterocycles. The van der Waals surface area contributed by atoms with Crippen molar-refractivity contribution in [2.75, 3.05) is 26.2 Å². The van der Waals surface area contributed by atoms with Crippen molar-refractivity contribution in [1.82, 2.24) is 25.0 Å². The van der Waals surface area contributed by atoms with Gasteiger partial charge in [0.15, 0.2) is 6.61 Å². The van der Waals surface area contributed by atoms with Crippen molar-refractivity contribution in [3.05, 3.63) is 40.4 Å². The second-order valence-electron chi connectivity index (χ2n) is 7.16. The number of aromatic nitrogens is 3. The minimum Gasteiger partial charge on any atom is -0.483 e. The lowest BCUT2D eigenvalue weighted by Crippen LogP contribution is -2.41. The van der Waals surface area contributed by atoms with Crippen molar-refractivity contribution >= 4 is 29.9 Å². The first kappa shape index (κ1) is 20.9. The average molecular weight is 426 g/mol. The van der Waals surface area contributed by atoms with E-state index in [0.29, 0.717) is 16.7 Å². The lowest BCUT2D eigenvalue weighted by atomic mass is 9.95. The predicted octanol–water partition coefficient (Wildman–Crippen LogP) is 2.55. The van der Waals surface area contributed by atoms with Crippen molar-refractivity contribution in [3.8, 4) is 5.75 Å². The molecule has 0 atom stereocenters. The van der Waals surface area contributed by atoms with E-state index in [-0.39, 0.29) is 24.9 Å². The number of hydrogen-bond acceptors (Lipinski definition) is 5. The maximum atomic E-state index is 12.5. The summed E-state index contributed by atoms with van der Waals surface area (Å²) in [6, 6.07) is 5.41. The smallest absolute Gasteiger partial charge is 0.260 e. The number of benzene rings is 1. The highest BCUT2D eigenvalue weighted by Crippen LogP contribution is 2.28. The molecule has 152 valence electrons. The van der Waals surface area contributed by atoms with Crippen molar-refractivity contribution < 1.29 is 9.53 Å². The van der Waals surface area contributed by atoms with E-state index in [4.69, 9.17) is 16.3 Å². The fraction of sp³-hybridized carbons (Fsp3) is 0.526. The number of aryl methyl sites for hydroxylation is 1. The summed E-state index contributed by atoms with van der Waals surface area (Å²) in [6.07, 6.45) is 1.83. The van der Waals surface area contributed by atoms with Gasteiger partial charge in [0.1, 0.15) is 17.4 Å². The van der Waals surface area contributed by atoms with Crippen molar-refractivity contribution in [2.24, 2.45) is 0 Å². The van der Waals surface area contributed by atoms with Crippen LogP contribution < -0.4 is 10.1 Å². The zero-order chi connectivity index (χ0) is 18.8. The second kappa shape index (κ2) is 9.11. The molecule has 1 amide bonds. The normalized spacial score (nSPS) is 17.0. The van der Waals surface area contributed by atoms with Gasteiger partial charge in [-0.05, 0) is 43.5 Å². The number of nitrogens with zero attached hydrogens (tertiary/aromatic N) is 4. The summed E-state index contributed by atoms with van der Waals surface area (Å²) in [6.45, 7) is 6.10. The average Bonchev–Trinajstić information content (AvgIpc) is 3.11. The summed E-state index contributed by atoms with van der Waals surface area (Å²) >= 11 is 5.96. The van der Waals surface area contributed by atoms with Crippen molar-refractivity contribution in [2.45, 2.75) is 38.8 Å². The van der Waals surface area contributed by atoms with Gasteiger partial charge in [0, 0.05) is 37.1 Å². The minimum atomic E-state index is 0. The van der Waals surface area contributed by atoms with E-state index in [2.05, 4.69) is 20.1 Å². The SMILES string of the molecule is Cc1cc(Cl)ccc1OCC(=O)N1CCC(c2nnc3n2CCNC3)CC1.Cl. The number of hydrogen-bond donors (Lipinski definition) is 1. The third-order valence-electron chi connectivity index (χ3n) is 5.35. The highest BCUT2D eigenvalue weighted by atomic mass is 35.5. The van der Waals surface area contributed by atoms with E-state index in [1.165, 1.54) is 0 Å². The van der Waals surface area contributed by atoms with Crippen LogP contribution in [0.4, 0.5) is 0 Å². The van der Waals surface area contributed by atoms with Gasteiger partial charge in [-0.1, -0.05) is 11.6 Å². The Kier molecular flexibility index (Phi) is 6.80. The van der Waals surface area contributed by atoms with Gasteiger partial charge < -0.3 is 19.5 Å². The van der Waals surface area contributed by atoms with E-state index in [0.717, 1.165) is 62.8 Å². The zero-order valence-electron chi connectivity index (χ0n) is 15.9. The number of fused-ring (bicyclic) bond motifs is 1. The highest BCUT2D eigenvalue weighted by Gasteiger charge is 2.28. The Morgan fingerprint density at radius 1 is 1.29 bits per heavy atom. The monoisotopic (exact) mass is 425 g/mol. The van der Waals surface area contributed by atoms with Crippen LogP contribution in [0.15, 0.2) is 18.2 Å². The molecule has 3 heterocycles. The van der Waals surface area contributed by atoms with Crippen LogP contribution in [0.25, 0.3) is 0 Å². The van der Waals surface area contributed by atoms with Gasteiger partial charge in [-0.25, -0.2) is 0 Å². The van der Waals surface area contributed by atoms with Gasteiger partial charge in [-0.2, -0.15) is 0 Å². The van der Waals surface area contributed by atoms with Gasteiger partial charge >= 0.3 is 0 Å². The summed E-state index contributed by atoms with van der Waals surface area (Å²) in [5.74, 6) is 3.18. The zero-order valence-corrected chi connectivity index (χ0v) is 17.4. The van der Waals surface area contributed by atoms with Gasteiger partial charge in [0.2, 0.25) is 0 Å². The summed E-state index contributed by atoms with van der Waals surface area (Å²) in [5, 5.41) is 12.7. The van der Waals surface area contributed by atoms with E-state index in [1.807, 2.05) is 17.9 Å². The molecule has 28 heavy (non-hydrogen) atoms. The Balaban J connectivity index is 0.00000225. The minimum absolute atomic E-state index is 0. The van der Waals surface area contributed by atoms with Gasteiger partial charge in [0.05, 0.1) is 6.54 Å². The molecule has 1 aromatic carbocycles. The Morgan fingerprint density at radius 2 is 2.07 bits per heavy atom. The van der Waals surface area contributed by atoms with Crippen LogP contribution in [-0.2, 0) is 17.9 Å². The van der Waals surface area contributed by atoms with Crippen LogP contribution in [0.1, 0.15) is 36.0 Å². The van der Waals surface area contributed by atoms with Gasteiger partial charge in [-0.3, -0.25) is 4.79 Å². The van der Waals surface area contributed by atoms with Gasteiger partial charge in [-0.15, -0.1) is 22.6 Å². The maximum absolute atomic E-state index is 12.5. The van der Waals surface area contributed by atoms with E-state index in [1.54, 1.807) is 12.1 Å². The lowest BCUT2D eigenvalue weighted by Gasteiger charge is -2.32. The van der Waals surface area contributed by atoms with E-state index >= 15 is 0 Å². The van der Waals surface area contributed by atoms with Crippen LogP contribution in [0.2, 0.25) is 5.02 Å². The van der Waals surface area contributed by atoms with Crippen LogP contribution in [-0.4, -0.2) is 51.8 Å². The molecule has 1 N–H and O–H groups in total. The molecule has 0 saturated carbocycles. The number of carbonyl (C=O) groups is 1. The molecule has 0 aliphatic carbocycles. The number of carbonyl (C=O) groups excluding carboxylic acids is 1. The second-order valence-corrected chi connectivity index (χ2v) is 7.59. The molecule has 7 nitrogen and oxygen atoms in total. The summed E-state index contributed by atoms with van der Waals surface area (Å²) in [7, 11) is 0. The fourth-order valence-corrected chi connectivity index (χ4v) is 4.04. The molecule has 1 aromatic heterocycles. The Morgan fingerprint density at radius 3 is 2.82 bits per heavy atom. The molecule has 9 heteroatoms. The molecular weight excluding hydrogens is 401 g/mol. The third kappa shape index (κ3) is 4.42. The highest BCUT2D eigenvalue weighted by molar-refractivity contribution is 6.30. The summed E-state index contributed by atoms with van der Waals surface area (Å²) < 4.78 is 7.94. The number of amides is 1. The Labute approximate surface area is 175 Å². The number of rotatable bonds is 4. The van der Waals surface area contributed by atoms with Crippen molar-refractivity contribution in [3.63, 3.8) is 0 Å². The number of likely N-dealkylation sites (tertiary alicyclic amines) is 1. The first-order valence-electron chi connectivity index (χ1n) is 9.41. The van der Waals surface area contributed by atoms with Crippen LogP contribution in [0.5, 0.6) is 5.75 Å². The summed E-state index contributed by atoms with van der Waals surface area (Å²) in [5.41, 5.74) is 0.931. The quantitative estimate of drug-likeness (QED) is 0.814. The topological polar surface area (TPSA) is 72.3 Å². The number of ether oxygens (including phenoxy) is 1. The third-order valence-corrected chi connectivity index (χ3v) is 5.59. The standard InChI is InChI=1S/C19H24ClN5O2.ClH/c1-13-10-15(20)2-3-16(13)27-12-18(26)24-7-4-14(5-8-24)19-23-22-17-11-21-6-9-25(17)19;/h2-3,10,14,21H,4-9,11-12H2,1H3;1H. The first-order valence-corrected chi connectivity index (χ1v) is 9.79. The molecule has 1 fully saturated rings. The lowest BCUT2D eigenvalue weighted by molar-refractivity contribution is -0.134. The molecule has 0 radical (unpaired) electrons. The molecular formula is C19H25Cl2N5O2. The van der Waals surface area contributed by atoms with E-state index in [9.17, 15) is 4.79 Å². The number of piperidine rings is 1. The fourth-order valence-electron chi connectivity index (χ4n) is 3.81. The predicted molar refractivity (Wildman–Crippen MR) is 109 cm³/mol. The van der Waals surface area contributed by atoms with Crippen LogP contribution in [0.3, 0.4) is 0 Å². The maximum Gasteiger partial charge on any atom is 0.260 e. The van der Waals surface area contributed by atoms with Crippen LogP contribution >= 0.6 is 24.0 Å².